The van der Waals surface area contributed by atoms with Crippen molar-refractivity contribution in [3.8, 4) is 28.6 Å². The molecule has 0 saturated heterocycles. The van der Waals surface area contributed by atoms with Gasteiger partial charge in [-0.3, -0.25) is 0 Å². The number of benzene rings is 1. The SMILES string of the molecule is COc1cc(-c2nc3c4sc5nc(C(F)F)cc(C)c5c4ncn3n2)cc(OC)c1OC. The third kappa shape index (κ3) is 3.00. The van der Waals surface area contributed by atoms with Crippen LogP contribution < -0.4 is 14.2 Å². The van der Waals surface area contributed by atoms with Gasteiger partial charge in [0.25, 0.3) is 6.43 Å². The molecule has 0 bridgehead atoms. The van der Waals surface area contributed by atoms with Crippen LogP contribution in [0.2, 0.25) is 0 Å². The molecule has 0 atom stereocenters. The maximum Gasteiger partial charge on any atom is 0.280 e. The van der Waals surface area contributed by atoms with E-state index >= 15 is 0 Å². The highest BCUT2D eigenvalue weighted by molar-refractivity contribution is 7.26. The van der Waals surface area contributed by atoms with Gasteiger partial charge in [0.05, 0.1) is 26.8 Å². The van der Waals surface area contributed by atoms with Gasteiger partial charge in [-0.25, -0.2) is 28.2 Å². The van der Waals surface area contributed by atoms with Gasteiger partial charge in [-0.15, -0.1) is 16.4 Å². The molecule has 5 rings (SSSR count). The van der Waals surface area contributed by atoms with E-state index in [0.717, 1.165) is 10.1 Å². The van der Waals surface area contributed by atoms with Crippen molar-refractivity contribution in [2.24, 2.45) is 0 Å². The molecule has 11 heteroatoms. The number of hydrogen-bond acceptors (Lipinski definition) is 8. The van der Waals surface area contributed by atoms with E-state index < -0.39 is 6.43 Å². The maximum atomic E-state index is 13.2. The molecular weight excluding hydrogens is 440 g/mol. The Hall–Kier alpha value is -3.60. The molecule has 4 aromatic heterocycles. The number of rotatable bonds is 5. The van der Waals surface area contributed by atoms with Crippen LogP contribution in [0.4, 0.5) is 8.78 Å². The average Bonchev–Trinajstić information content (AvgIpc) is 3.39. The number of thiophene rings is 1. The second-order valence-corrected chi connectivity index (χ2v) is 7.99. The van der Waals surface area contributed by atoms with E-state index in [9.17, 15) is 8.78 Å². The Morgan fingerprint density at radius 2 is 1.72 bits per heavy atom. The van der Waals surface area contributed by atoms with Crippen molar-refractivity contribution in [2.75, 3.05) is 21.3 Å². The summed E-state index contributed by atoms with van der Waals surface area (Å²) in [6.45, 7) is 1.78. The topological polar surface area (TPSA) is 83.7 Å². The van der Waals surface area contributed by atoms with Crippen LogP contribution in [0.15, 0.2) is 24.5 Å². The van der Waals surface area contributed by atoms with Gasteiger partial charge in [-0.2, -0.15) is 0 Å². The molecule has 0 unspecified atom stereocenters. The molecule has 0 N–H and O–H groups in total. The summed E-state index contributed by atoms with van der Waals surface area (Å²) in [6.07, 6.45) is -1.09. The molecule has 0 aliphatic heterocycles. The Balaban J connectivity index is 1.74. The summed E-state index contributed by atoms with van der Waals surface area (Å²) >= 11 is 1.27. The highest BCUT2D eigenvalue weighted by Gasteiger charge is 2.21. The zero-order chi connectivity index (χ0) is 22.6. The Bertz CT molecular complexity index is 1470. The van der Waals surface area contributed by atoms with E-state index in [1.807, 2.05) is 0 Å². The predicted molar refractivity (Wildman–Crippen MR) is 116 cm³/mol. The molecule has 4 heterocycles. The molecule has 164 valence electrons. The normalized spacial score (nSPS) is 11.7. The third-order valence-corrected chi connectivity index (χ3v) is 6.20. The molecule has 0 saturated carbocycles. The summed E-state index contributed by atoms with van der Waals surface area (Å²) in [4.78, 5) is 13.8. The van der Waals surface area contributed by atoms with Crippen LogP contribution >= 0.6 is 11.3 Å². The second-order valence-electron chi connectivity index (χ2n) is 6.99. The number of hydrogen-bond donors (Lipinski definition) is 0. The first-order chi connectivity index (χ1) is 15.4. The number of halogens is 2. The van der Waals surface area contributed by atoms with E-state index in [4.69, 9.17) is 19.2 Å². The predicted octanol–water partition coefficient (Wildman–Crippen LogP) is 4.83. The molecular formula is C21H17F2N5O3S. The molecule has 0 aliphatic carbocycles. The van der Waals surface area contributed by atoms with Crippen molar-refractivity contribution < 1.29 is 23.0 Å². The summed E-state index contributed by atoms with van der Waals surface area (Å²) in [7, 11) is 4.60. The van der Waals surface area contributed by atoms with E-state index in [2.05, 4.69) is 15.1 Å². The van der Waals surface area contributed by atoms with Crippen molar-refractivity contribution >= 4 is 37.4 Å². The summed E-state index contributed by atoms with van der Waals surface area (Å²) < 4.78 is 44.9. The van der Waals surface area contributed by atoms with Crippen LogP contribution in [0.25, 0.3) is 37.5 Å². The first kappa shape index (κ1) is 20.3. The van der Waals surface area contributed by atoms with E-state index in [-0.39, 0.29) is 5.69 Å². The smallest absolute Gasteiger partial charge is 0.280 e. The largest absolute Gasteiger partial charge is 0.493 e. The van der Waals surface area contributed by atoms with Crippen molar-refractivity contribution in [1.82, 2.24) is 24.6 Å². The van der Waals surface area contributed by atoms with Crippen molar-refractivity contribution in [3.05, 3.63) is 35.8 Å². The Morgan fingerprint density at radius 3 is 2.34 bits per heavy atom. The highest BCUT2D eigenvalue weighted by Crippen LogP contribution is 2.41. The third-order valence-electron chi connectivity index (χ3n) is 5.13. The lowest BCUT2D eigenvalue weighted by Crippen LogP contribution is -1.96. The number of ether oxygens (including phenoxy) is 3. The minimum absolute atomic E-state index is 0.253. The monoisotopic (exact) mass is 457 g/mol. The Kier molecular flexibility index (Phi) is 4.77. The molecule has 0 radical (unpaired) electrons. The lowest BCUT2D eigenvalue weighted by atomic mass is 10.1. The summed E-state index contributed by atoms with van der Waals surface area (Å²) in [5.41, 5.74) is 2.31. The maximum absolute atomic E-state index is 13.2. The fourth-order valence-electron chi connectivity index (χ4n) is 3.68. The van der Waals surface area contributed by atoms with Crippen LogP contribution in [-0.2, 0) is 0 Å². The van der Waals surface area contributed by atoms with E-state index in [1.165, 1.54) is 38.7 Å². The highest BCUT2D eigenvalue weighted by atomic mass is 32.1. The van der Waals surface area contributed by atoms with Gasteiger partial charge < -0.3 is 14.2 Å². The fourth-order valence-corrected chi connectivity index (χ4v) is 4.86. The van der Waals surface area contributed by atoms with Crippen LogP contribution in [0.1, 0.15) is 17.7 Å². The fraction of sp³-hybridized carbons (Fsp3) is 0.238. The number of pyridine rings is 1. The lowest BCUT2D eigenvalue weighted by Gasteiger charge is -2.12. The van der Waals surface area contributed by atoms with Crippen molar-refractivity contribution in [3.63, 3.8) is 0 Å². The number of aromatic nitrogens is 5. The van der Waals surface area contributed by atoms with Gasteiger partial charge in [-0.05, 0) is 30.7 Å². The summed E-state index contributed by atoms with van der Waals surface area (Å²) in [5.74, 6) is 1.84. The van der Waals surface area contributed by atoms with E-state index in [0.29, 0.717) is 50.2 Å². The van der Waals surface area contributed by atoms with Gasteiger partial charge in [0.15, 0.2) is 23.0 Å². The van der Waals surface area contributed by atoms with Gasteiger partial charge in [0, 0.05) is 10.9 Å². The average molecular weight is 457 g/mol. The standard InChI is InChI=1S/C21H17F2N5O3S/c1-9-5-11(18(22)23)25-21-14(9)15-17(32-21)20-26-19(27-28(20)8-24-15)10-6-12(29-2)16(31-4)13(7-10)30-3/h5-8,18H,1-4H3. The van der Waals surface area contributed by atoms with Crippen molar-refractivity contribution in [1.29, 1.82) is 0 Å². The molecule has 5 aromatic rings. The van der Waals surface area contributed by atoms with Gasteiger partial charge >= 0.3 is 0 Å². The zero-order valence-corrected chi connectivity index (χ0v) is 18.3. The number of nitrogens with zero attached hydrogens (tertiary/aromatic N) is 5. The molecule has 8 nitrogen and oxygen atoms in total. The quantitative estimate of drug-likeness (QED) is 0.374. The van der Waals surface area contributed by atoms with Crippen LogP contribution in [0, 0.1) is 6.92 Å². The first-order valence-corrected chi connectivity index (χ1v) is 10.3. The number of fused-ring (bicyclic) bond motifs is 5. The minimum atomic E-state index is -2.64. The first-order valence-electron chi connectivity index (χ1n) is 9.48. The molecule has 32 heavy (non-hydrogen) atoms. The van der Waals surface area contributed by atoms with Gasteiger partial charge in [-0.1, -0.05) is 0 Å². The van der Waals surface area contributed by atoms with Crippen LogP contribution in [0.5, 0.6) is 17.2 Å². The molecule has 0 amide bonds. The lowest BCUT2D eigenvalue weighted by molar-refractivity contribution is 0.146. The Morgan fingerprint density at radius 1 is 1.00 bits per heavy atom. The van der Waals surface area contributed by atoms with E-state index in [1.54, 1.807) is 29.9 Å². The number of aryl methyl sites for hydroxylation is 1. The second kappa shape index (κ2) is 7.52. The molecule has 1 aromatic carbocycles. The van der Waals surface area contributed by atoms with Gasteiger partial charge in [0.2, 0.25) is 5.75 Å². The zero-order valence-electron chi connectivity index (χ0n) is 17.5. The van der Waals surface area contributed by atoms with Gasteiger partial charge in [0.1, 0.15) is 21.6 Å². The molecule has 0 aliphatic rings. The number of alkyl halides is 2. The minimum Gasteiger partial charge on any atom is -0.493 e. The number of methoxy groups -OCH3 is 3. The summed E-state index contributed by atoms with van der Waals surface area (Å²) in [5, 5.41) is 5.28. The summed E-state index contributed by atoms with van der Waals surface area (Å²) in [6, 6.07) is 4.91. The van der Waals surface area contributed by atoms with Crippen LogP contribution in [0.3, 0.4) is 0 Å². The molecule has 0 spiro atoms. The van der Waals surface area contributed by atoms with Crippen LogP contribution in [-0.4, -0.2) is 45.9 Å². The van der Waals surface area contributed by atoms with Crippen molar-refractivity contribution in [2.45, 2.75) is 13.3 Å². The Labute approximate surface area is 184 Å². The molecule has 0 fully saturated rings.